The molecule has 0 bridgehead atoms. The molecule has 1 amide bonds. The number of carbonyl (C=O) groups is 2. The molecule has 0 aliphatic rings. The number of hydrogen-bond donors (Lipinski definition) is 2. The lowest BCUT2D eigenvalue weighted by molar-refractivity contribution is -0.146. The van der Waals surface area contributed by atoms with Gasteiger partial charge in [-0.25, -0.2) is 4.79 Å². The third kappa shape index (κ3) is 4.07. The number of rotatable bonds is 7. The lowest BCUT2D eigenvalue weighted by Crippen LogP contribution is -2.36. The molecule has 1 aromatic heterocycles. The van der Waals surface area contributed by atoms with Crippen molar-refractivity contribution in [2.24, 2.45) is 5.92 Å². The molecule has 0 fully saturated rings. The molecule has 6 heteroatoms. The van der Waals surface area contributed by atoms with Gasteiger partial charge in [-0.1, -0.05) is 50.6 Å². The Labute approximate surface area is 147 Å². The fourth-order valence-electron chi connectivity index (χ4n) is 2.65. The predicted octanol–water partition coefficient (Wildman–Crippen LogP) is 3.47. The Hall–Kier alpha value is -2.63. The first-order valence-electron chi connectivity index (χ1n) is 8.41. The third-order valence-corrected chi connectivity index (χ3v) is 4.60. The average Bonchev–Trinajstić information content (AvgIpc) is 3.04. The molecule has 0 aliphatic heterocycles. The zero-order chi connectivity index (χ0) is 18.6. The second-order valence-electron chi connectivity index (χ2n) is 6.80. The first-order valence-corrected chi connectivity index (χ1v) is 8.41. The highest BCUT2D eigenvalue weighted by molar-refractivity contribution is 5.96. The minimum absolute atomic E-state index is 0.117. The molecule has 25 heavy (non-hydrogen) atoms. The number of carbonyl (C=O) groups excluding carboxylic acids is 1. The first kappa shape index (κ1) is 18.7. The molecule has 6 nitrogen and oxygen atoms in total. The topological polar surface area (TPSA) is 84.2 Å². The number of anilines is 1. The fourth-order valence-corrected chi connectivity index (χ4v) is 2.65. The summed E-state index contributed by atoms with van der Waals surface area (Å²) in [6, 6.07) is 9.67. The third-order valence-electron chi connectivity index (χ3n) is 4.60. The molecule has 2 N–H and O–H groups in total. The van der Waals surface area contributed by atoms with Gasteiger partial charge in [-0.3, -0.25) is 9.48 Å². The molecule has 0 aliphatic carbocycles. The zero-order valence-electron chi connectivity index (χ0n) is 15.1. The number of carboxylic acid groups (broad SMARTS) is 1. The summed E-state index contributed by atoms with van der Waals surface area (Å²) >= 11 is 0. The summed E-state index contributed by atoms with van der Waals surface area (Å²) in [6.45, 7) is 7.22. The minimum atomic E-state index is -1.18. The van der Waals surface area contributed by atoms with E-state index in [1.807, 2.05) is 37.3 Å². The molecule has 0 saturated carbocycles. The van der Waals surface area contributed by atoms with Crippen molar-refractivity contribution in [3.63, 3.8) is 0 Å². The van der Waals surface area contributed by atoms with E-state index in [9.17, 15) is 14.7 Å². The highest BCUT2D eigenvalue weighted by Gasteiger charge is 2.31. The summed E-state index contributed by atoms with van der Waals surface area (Å²) in [7, 11) is 0. The van der Waals surface area contributed by atoms with Crippen molar-refractivity contribution in [3.8, 4) is 0 Å². The maximum Gasteiger partial charge on any atom is 0.331 e. The van der Waals surface area contributed by atoms with Gasteiger partial charge in [0.05, 0.1) is 17.8 Å². The summed E-state index contributed by atoms with van der Waals surface area (Å²) in [5.41, 5.74) is 0.273. The van der Waals surface area contributed by atoms with Crippen LogP contribution in [0, 0.1) is 5.92 Å². The van der Waals surface area contributed by atoms with E-state index >= 15 is 0 Å². The van der Waals surface area contributed by atoms with E-state index < -0.39 is 11.5 Å². The second kappa shape index (κ2) is 7.51. The van der Waals surface area contributed by atoms with Crippen LogP contribution in [0.1, 0.15) is 45.6 Å². The van der Waals surface area contributed by atoms with E-state index in [1.165, 1.54) is 10.9 Å². The Kier molecular flexibility index (Phi) is 5.62. The van der Waals surface area contributed by atoms with Crippen LogP contribution in [-0.4, -0.2) is 26.8 Å². The largest absolute Gasteiger partial charge is 0.479 e. The second-order valence-corrected chi connectivity index (χ2v) is 6.80. The van der Waals surface area contributed by atoms with E-state index in [4.69, 9.17) is 0 Å². The van der Waals surface area contributed by atoms with Gasteiger partial charge < -0.3 is 10.4 Å². The molecule has 2 unspecified atom stereocenters. The lowest BCUT2D eigenvalue weighted by Gasteiger charge is -2.22. The van der Waals surface area contributed by atoms with Crippen LogP contribution in [0.5, 0.6) is 0 Å². The molecule has 1 heterocycles. The number of nitrogens with zero attached hydrogens (tertiary/aromatic N) is 2. The maximum atomic E-state index is 12.8. The van der Waals surface area contributed by atoms with Crippen LogP contribution in [0.2, 0.25) is 0 Å². The van der Waals surface area contributed by atoms with Gasteiger partial charge in [-0.05, 0) is 25.3 Å². The van der Waals surface area contributed by atoms with Gasteiger partial charge in [0.15, 0.2) is 5.54 Å². The molecule has 0 saturated heterocycles. The van der Waals surface area contributed by atoms with E-state index in [1.54, 1.807) is 20.0 Å². The van der Waals surface area contributed by atoms with Crippen molar-refractivity contribution >= 4 is 17.6 Å². The number of carboxylic acids is 1. The molecule has 0 radical (unpaired) electrons. The van der Waals surface area contributed by atoms with Gasteiger partial charge >= 0.3 is 5.97 Å². The van der Waals surface area contributed by atoms with E-state index in [0.717, 1.165) is 12.0 Å². The number of hydrogen-bond acceptors (Lipinski definition) is 3. The normalized spacial score (nSPS) is 13.9. The van der Waals surface area contributed by atoms with Crippen molar-refractivity contribution < 1.29 is 14.7 Å². The SMILES string of the molecule is CCC(C)C(C(=O)Nc1cnn(C(C)(C)C(=O)O)c1)c1ccccc1. The molecular weight excluding hydrogens is 318 g/mol. The average molecular weight is 343 g/mol. The van der Waals surface area contributed by atoms with E-state index in [0.29, 0.717) is 5.69 Å². The van der Waals surface area contributed by atoms with Crippen LogP contribution in [0.3, 0.4) is 0 Å². The Morgan fingerprint density at radius 2 is 1.92 bits per heavy atom. The summed E-state index contributed by atoms with van der Waals surface area (Å²) in [5, 5.41) is 16.2. The number of nitrogens with one attached hydrogen (secondary N) is 1. The summed E-state index contributed by atoms with van der Waals surface area (Å²) in [5.74, 6) is -1.21. The standard InChI is InChI=1S/C19H25N3O3/c1-5-13(2)16(14-9-7-6-8-10-14)17(23)21-15-11-20-22(12-15)19(3,4)18(24)25/h6-13,16H,5H2,1-4H3,(H,21,23)(H,24,25). The van der Waals surface area contributed by atoms with Crippen LogP contribution in [0.15, 0.2) is 42.7 Å². The minimum Gasteiger partial charge on any atom is -0.479 e. The lowest BCUT2D eigenvalue weighted by atomic mass is 9.85. The van der Waals surface area contributed by atoms with Gasteiger partial charge in [0.25, 0.3) is 0 Å². The van der Waals surface area contributed by atoms with Crippen molar-refractivity contribution in [1.29, 1.82) is 0 Å². The van der Waals surface area contributed by atoms with Crippen molar-refractivity contribution in [2.45, 2.75) is 45.6 Å². The van der Waals surface area contributed by atoms with Gasteiger partial charge in [-0.2, -0.15) is 5.10 Å². The zero-order valence-corrected chi connectivity index (χ0v) is 15.1. The number of aromatic nitrogens is 2. The smallest absolute Gasteiger partial charge is 0.331 e. The Morgan fingerprint density at radius 3 is 2.48 bits per heavy atom. The molecular formula is C19H25N3O3. The van der Waals surface area contributed by atoms with E-state index in [2.05, 4.69) is 17.3 Å². The molecule has 2 rings (SSSR count). The van der Waals surface area contributed by atoms with Crippen LogP contribution in [-0.2, 0) is 15.1 Å². The predicted molar refractivity (Wildman–Crippen MR) is 96.5 cm³/mol. The molecule has 1 aromatic carbocycles. The van der Waals surface area contributed by atoms with Gasteiger partial charge in [-0.15, -0.1) is 0 Å². The molecule has 0 spiro atoms. The number of aliphatic carboxylic acids is 1. The Balaban J connectivity index is 2.22. The van der Waals surface area contributed by atoms with Gasteiger partial charge in [0.2, 0.25) is 5.91 Å². The van der Waals surface area contributed by atoms with E-state index in [-0.39, 0.29) is 17.7 Å². The number of amides is 1. The fraction of sp³-hybridized carbons (Fsp3) is 0.421. The van der Waals surface area contributed by atoms with Crippen molar-refractivity contribution in [3.05, 3.63) is 48.3 Å². The van der Waals surface area contributed by atoms with Gasteiger partial charge in [0.1, 0.15) is 0 Å². The monoisotopic (exact) mass is 343 g/mol. The molecule has 134 valence electrons. The van der Waals surface area contributed by atoms with Crippen LogP contribution in [0.25, 0.3) is 0 Å². The summed E-state index contributed by atoms with van der Waals surface area (Å²) in [4.78, 5) is 24.2. The first-order chi connectivity index (χ1) is 11.8. The van der Waals surface area contributed by atoms with Crippen molar-refractivity contribution in [1.82, 2.24) is 9.78 Å². The van der Waals surface area contributed by atoms with Crippen LogP contribution >= 0.6 is 0 Å². The quantitative estimate of drug-likeness (QED) is 0.806. The molecule has 2 aromatic rings. The molecule has 2 atom stereocenters. The number of benzene rings is 1. The van der Waals surface area contributed by atoms with Crippen LogP contribution < -0.4 is 5.32 Å². The van der Waals surface area contributed by atoms with Crippen LogP contribution in [0.4, 0.5) is 5.69 Å². The maximum absolute atomic E-state index is 12.8. The highest BCUT2D eigenvalue weighted by Crippen LogP contribution is 2.28. The summed E-state index contributed by atoms with van der Waals surface area (Å²) in [6.07, 6.45) is 3.89. The van der Waals surface area contributed by atoms with Gasteiger partial charge in [0, 0.05) is 6.20 Å². The summed E-state index contributed by atoms with van der Waals surface area (Å²) < 4.78 is 1.34. The Morgan fingerprint density at radius 1 is 1.28 bits per heavy atom. The highest BCUT2D eigenvalue weighted by atomic mass is 16.4. The Bertz CT molecular complexity index is 737. The van der Waals surface area contributed by atoms with Crippen molar-refractivity contribution in [2.75, 3.05) is 5.32 Å².